The topological polar surface area (TPSA) is 94.6 Å². The standard InChI is InChI=1S/C24H25F5N6O2/c1-14-2-5-17(10-19(14)34-23(36)35-9-8-30-20(13-35)24(27,28)29)33-22-31-11-16(12-32-22)15-3-6-18(7-4-15)37-21(25)26/h2-7,10-12,20-21,23,30,34,36H,8-9,13H2,1H3,(H,31,32,33). The van der Waals surface area contributed by atoms with Crippen LogP contribution in [0.25, 0.3) is 11.1 Å². The van der Waals surface area contributed by atoms with Gasteiger partial charge in [0.05, 0.1) is 0 Å². The molecular weight excluding hydrogens is 499 g/mol. The van der Waals surface area contributed by atoms with Gasteiger partial charge in [-0.3, -0.25) is 4.90 Å². The summed E-state index contributed by atoms with van der Waals surface area (Å²) >= 11 is 0. The molecule has 1 saturated heterocycles. The van der Waals surface area contributed by atoms with Crippen molar-refractivity contribution in [2.45, 2.75) is 32.1 Å². The average Bonchev–Trinajstić information content (AvgIpc) is 2.86. The van der Waals surface area contributed by atoms with E-state index in [0.717, 1.165) is 5.56 Å². The molecule has 2 unspecified atom stereocenters. The van der Waals surface area contributed by atoms with Crippen LogP contribution in [0.15, 0.2) is 54.9 Å². The summed E-state index contributed by atoms with van der Waals surface area (Å²) < 4.78 is 68.2. The van der Waals surface area contributed by atoms with Crippen molar-refractivity contribution in [3.05, 3.63) is 60.4 Å². The zero-order chi connectivity index (χ0) is 26.6. The van der Waals surface area contributed by atoms with E-state index < -0.39 is 25.2 Å². The van der Waals surface area contributed by atoms with Crippen molar-refractivity contribution in [1.82, 2.24) is 20.2 Å². The Bertz CT molecular complexity index is 1180. The van der Waals surface area contributed by atoms with Crippen LogP contribution in [0.2, 0.25) is 0 Å². The summed E-state index contributed by atoms with van der Waals surface area (Å²) in [5, 5.41) is 18.9. The SMILES string of the molecule is Cc1ccc(Nc2ncc(-c3ccc(OC(F)F)cc3)cn2)cc1NC(O)N1CCNC(C(F)(F)F)C1. The van der Waals surface area contributed by atoms with E-state index in [0.29, 0.717) is 22.5 Å². The first-order valence-electron chi connectivity index (χ1n) is 11.3. The molecule has 13 heteroatoms. The summed E-state index contributed by atoms with van der Waals surface area (Å²) in [6.07, 6.45) is -2.58. The van der Waals surface area contributed by atoms with Gasteiger partial charge >= 0.3 is 12.8 Å². The lowest BCUT2D eigenvalue weighted by Gasteiger charge is -2.37. The van der Waals surface area contributed by atoms with Crippen LogP contribution < -0.4 is 20.7 Å². The van der Waals surface area contributed by atoms with Gasteiger partial charge in [-0.15, -0.1) is 0 Å². The fourth-order valence-corrected chi connectivity index (χ4v) is 3.80. The lowest BCUT2D eigenvalue weighted by Crippen LogP contribution is -2.60. The first-order valence-corrected chi connectivity index (χ1v) is 11.3. The summed E-state index contributed by atoms with van der Waals surface area (Å²) in [4.78, 5) is 9.87. The molecule has 4 N–H and O–H groups in total. The fourth-order valence-electron chi connectivity index (χ4n) is 3.80. The van der Waals surface area contributed by atoms with E-state index in [1.165, 1.54) is 17.0 Å². The molecule has 1 aliphatic rings. The second kappa shape index (κ2) is 11.2. The number of nitrogens with one attached hydrogen (secondary N) is 3. The maximum Gasteiger partial charge on any atom is 0.405 e. The lowest BCUT2D eigenvalue weighted by molar-refractivity contribution is -0.171. The molecular formula is C24H25F5N6O2. The Kier molecular flexibility index (Phi) is 8.05. The average molecular weight is 524 g/mol. The minimum atomic E-state index is -4.40. The van der Waals surface area contributed by atoms with Gasteiger partial charge in [-0.25, -0.2) is 9.97 Å². The fraction of sp³-hybridized carbons (Fsp3) is 0.333. The Morgan fingerprint density at radius 1 is 1.08 bits per heavy atom. The van der Waals surface area contributed by atoms with E-state index in [2.05, 4.69) is 30.7 Å². The quantitative estimate of drug-likeness (QED) is 0.256. The van der Waals surface area contributed by atoms with Crippen molar-refractivity contribution in [2.75, 3.05) is 30.3 Å². The first-order chi connectivity index (χ1) is 17.6. The molecule has 0 saturated carbocycles. The molecule has 0 bridgehead atoms. The zero-order valence-corrected chi connectivity index (χ0v) is 19.6. The van der Waals surface area contributed by atoms with E-state index in [1.807, 2.05) is 0 Å². The Hall–Kier alpha value is -3.55. The minimum absolute atomic E-state index is 0.0454. The third kappa shape index (κ3) is 7.02. The number of halogens is 5. The van der Waals surface area contributed by atoms with Gasteiger partial charge in [0.1, 0.15) is 11.8 Å². The molecule has 0 spiro atoms. The van der Waals surface area contributed by atoms with Gasteiger partial charge in [-0.05, 0) is 42.3 Å². The number of rotatable bonds is 8. The molecule has 0 radical (unpaired) electrons. The monoisotopic (exact) mass is 524 g/mol. The third-order valence-corrected chi connectivity index (χ3v) is 5.79. The van der Waals surface area contributed by atoms with Gasteiger partial charge in [0.15, 0.2) is 6.35 Å². The Morgan fingerprint density at radius 2 is 1.78 bits per heavy atom. The van der Waals surface area contributed by atoms with E-state index in [1.54, 1.807) is 49.6 Å². The van der Waals surface area contributed by atoms with Crippen molar-refractivity contribution in [3.8, 4) is 16.9 Å². The van der Waals surface area contributed by atoms with Crippen molar-refractivity contribution in [2.24, 2.45) is 0 Å². The van der Waals surface area contributed by atoms with Gasteiger partial charge < -0.3 is 25.8 Å². The third-order valence-electron chi connectivity index (χ3n) is 5.79. The van der Waals surface area contributed by atoms with Crippen LogP contribution >= 0.6 is 0 Å². The number of ether oxygens (including phenoxy) is 1. The molecule has 2 atom stereocenters. The number of aliphatic hydroxyl groups excluding tert-OH is 1. The number of anilines is 3. The lowest BCUT2D eigenvalue weighted by atomic mass is 10.1. The van der Waals surface area contributed by atoms with Crippen molar-refractivity contribution >= 4 is 17.3 Å². The summed E-state index contributed by atoms with van der Waals surface area (Å²) in [6.45, 7) is -1.12. The number of aryl methyl sites for hydroxylation is 1. The van der Waals surface area contributed by atoms with E-state index in [-0.39, 0.29) is 31.3 Å². The van der Waals surface area contributed by atoms with Gasteiger partial charge in [-0.1, -0.05) is 18.2 Å². The second-order valence-corrected chi connectivity index (χ2v) is 8.41. The minimum Gasteiger partial charge on any atom is -0.435 e. The Morgan fingerprint density at radius 3 is 2.43 bits per heavy atom. The molecule has 0 aliphatic carbocycles. The maximum atomic E-state index is 13.1. The highest BCUT2D eigenvalue weighted by molar-refractivity contribution is 5.66. The molecule has 2 heterocycles. The Labute approximate surface area is 209 Å². The number of aliphatic hydroxyl groups is 1. The largest absolute Gasteiger partial charge is 0.435 e. The number of aromatic nitrogens is 2. The predicted octanol–water partition coefficient (Wildman–Crippen LogP) is 4.32. The molecule has 4 rings (SSSR count). The molecule has 8 nitrogen and oxygen atoms in total. The number of benzene rings is 2. The zero-order valence-electron chi connectivity index (χ0n) is 19.6. The highest BCUT2D eigenvalue weighted by Gasteiger charge is 2.42. The number of alkyl halides is 5. The number of hydrogen-bond acceptors (Lipinski definition) is 8. The van der Waals surface area contributed by atoms with Crippen molar-refractivity contribution in [3.63, 3.8) is 0 Å². The normalized spacial score (nSPS) is 17.5. The Balaban J connectivity index is 1.40. The molecule has 1 aromatic heterocycles. The molecule has 3 aromatic rings. The summed E-state index contributed by atoms with van der Waals surface area (Å²) in [6, 6.07) is 9.61. The molecule has 37 heavy (non-hydrogen) atoms. The van der Waals surface area contributed by atoms with Gasteiger partial charge in [0, 0.05) is 49.0 Å². The number of piperazine rings is 1. The van der Waals surface area contributed by atoms with Crippen LogP contribution in [0.4, 0.5) is 39.3 Å². The van der Waals surface area contributed by atoms with E-state index in [9.17, 15) is 27.1 Å². The smallest absolute Gasteiger partial charge is 0.405 e. The summed E-state index contributed by atoms with van der Waals surface area (Å²) in [5.74, 6) is 0.330. The van der Waals surface area contributed by atoms with E-state index >= 15 is 0 Å². The second-order valence-electron chi connectivity index (χ2n) is 8.41. The maximum absolute atomic E-state index is 13.1. The molecule has 0 amide bonds. The highest BCUT2D eigenvalue weighted by atomic mass is 19.4. The number of nitrogens with zero attached hydrogens (tertiary/aromatic N) is 3. The first kappa shape index (κ1) is 26.5. The van der Waals surface area contributed by atoms with Crippen LogP contribution in [0.3, 0.4) is 0 Å². The van der Waals surface area contributed by atoms with Gasteiger partial charge in [0.25, 0.3) is 0 Å². The molecule has 1 fully saturated rings. The van der Waals surface area contributed by atoms with Gasteiger partial charge in [0.2, 0.25) is 5.95 Å². The molecule has 198 valence electrons. The number of hydrogen-bond donors (Lipinski definition) is 4. The summed E-state index contributed by atoms with van der Waals surface area (Å²) in [7, 11) is 0. The van der Waals surface area contributed by atoms with Crippen LogP contribution in [0.5, 0.6) is 5.75 Å². The van der Waals surface area contributed by atoms with Crippen molar-refractivity contribution < 1.29 is 31.8 Å². The van der Waals surface area contributed by atoms with Crippen LogP contribution in [0, 0.1) is 6.92 Å². The summed E-state index contributed by atoms with van der Waals surface area (Å²) in [5.41, 5.74) is 3.28. The van der Waals surface area contributed by atoms with Crippen LogP contribution in [-0.2, 0) is 0 Å². The van der Waals surface area contributed by atoms with Gasteiger partial charge in [-0.2, -0.15) is 22.0 Å². The predicted molar refractivity (Wildman–Crippen MR) is 128 cm³/mol. The molecule has 2 aromatic carbocycles. The van der Waals surface area contributed by atoms with E-state index in [4.69, 9.17) is 0 Å². The highest BCUT2D eigenvalue weighted by Crippen LogP contribution is 2.27. The van der Waals surface area contributed by atoms with Crippen molar-refractivity contribution in [1.29, 1.82) is 0 Å². The molecule has 1 aliphatic heterocycles. The van der Waals surface area contributed by atoms with Crippen LogP contribution in [-0.4, -0.2) is 64.8 Å². The van der Waals surface area contributed by atoms with Crippen LogP contribution in [0.1, 0.15) is 5.56 Å².